The summed E-state index contributed by atoms with van der Waals surface area (Å²) in [5, 5.41) is 2.79. The van der Waals surface area contributed by atoms with Gasteiger partial charge in [-0.1, -0.05) is 0 Å². The molecular weight excluding hydrogens is 238 g/mol. The lowest BCUT2D eigenvalue weighted by Crippen LogP contribution is -2.54. The second kappa shape index (κ2) is 4.79. The Bertz CT molecular complexity index is 218. The van der Waals surface area contributed by atoms with Gasteiger partial charge in [-0.3, -0.25) is 4.90 Å². The van der Waals surface area contributed by atoms with E-state index in [0.29, 0.717) is 0 Å². The van der Waals surface area contributed by atoms with Crippen LogP contribution in [-0.2, 0) is 0 Å². The predicted molar refractivity (Wildman–Crippen MR) is 45.0 cm³/mol. The molecule has 16 heavy (non-hydrogen) atoms. The average Bonchev–Trinajstić information content (AvgIpc) is 2.13. The van der Waals surface area contributed by atoms with Crippen molar-refractivity contribution in [3.05, 3.63) is 0 Å². The number of piperazine rings is 1. The lowest BCUT2D eigenvalue weighted by Gasteiger charge is -2.36. The van der Waals surface area contributed by atoms with Crippen molar-refractivity contribution in [1.29, 1.82) is 0 Å². The van der Waals surface area contributed by atoms with Gasteiger partial charge in [0.2, 0.25) is 0 Å². The monoisotopic (exact) mass is 250 g/mol. The van der Waals surface area contributed by atoms with Crippen LogP contribution in [0.5, 0.6) is 0 Å². The van der Waals surface area contributed by atoms with E-state index >= 15 is 0 Å². The summed E-state index contributed by atoms with van der Waals surface area (Å²) in [6, 6.07) is -2.42. The van der Waals surface area contributed by atoms with Crippen LogP contribution in [0, 0.1) is 0 Å². The van der Waals surface area contributed by atoms with E-state index in [0.717, 1.165) is 4.90 Å². The summed E-state index contributed by atoms with van der Waals surface area (Å²) >= 11 is 0. The Morgan fingerprint density at radius 2 is 1.50 bits per heavy atom. The first-order valence-electron chi connectivity index (χ1n) is 4.78. The van der Waals surface area contributed by atoms with Gasteiger partial charge in [-0.2, -0.15) is 26.3 Å². The fourth-order valence-electron chi connectivity index (χ4n) is 1.66. The smallest absolute Gasteiger partial charge is 0.314 e. The van der Waals surface area contributed by atoms with Crippen LogP contribution in [0.3, 0.4) is 0 Å². The molecule has 0 spiro atoms. The second-order valence-electron chi connectivity index (χ2n) is 3.66. The number of rotatable bonds is 2. The largest absolute Gasteiger partial charge is 0.404 e. The summed E-state index contributed by atoms with van der Waals surface area (Å²) in [7, 11) is 0. The molecule has 0 aromatic carbocycles. The molecule has 1 fully saturated rings. The van der Waals surface area contributed by atoms with Gasteiger partial charge >= 0.3 is 12.4 Å². The van der Waals surface area contributed by atoms with E-state index in [1.807, 2.05) is 0 Å². The van der Waals surface area contributed by atoms with E-state index in [1.165, 1.54) is 0 Å². The molecule has 0 unspecified atom stereocenters. The van der Waals surface area contributed by atoms with Crippen LogP contribution in [0.4, 0.5) is 26.3 Å². The van der Waals surface area contributed by atoms with Gasteiger partial charge in [0.15, 0.2) is 0 Å². The highest BCUT2D eigenvalue weighted by Crippen LogP contribution is 2.34. The van der Waals surface area contributed by atoms with Crippen molar-refractivity contribution in [2.45, 2.75) is 24.8 Å². The molecule has 1 aliphatic rings. The highest BCUT2D eigenvalue weighted by molar-refractivity contribution is 4.84. The normalized spacial score (nSPS) is 22.1. The third-order valence-corrected chi connectivity index (χ3v) is 2.40. The number of halogens is 6. The van der Waals surface area contributed by atoms with Gasteiger partial charge in [0.05, 0.1) is 6.42 Å². The van der Waals surface area contributed by atoms with Gasteiger partial charge in [-0.05, 0) is 0 Å². The zero-order valence-electron chi connectivity index (χ0n) is 8.33. The molecule has 1 aliphatic heterocycles. The third-order valence-electron chi connectivity index (χ3n) is 2.40. The molecule has 1 rings (SSSR count). The minimum absolute atomic E-state index is 0.0136. The molecule has 0 radical (unpaired) electrons. The van der Waals surface area contributed by atoms with Gasteiger partial charge in [0.25, 0.3) is 0 Å². The van der Waals surface area contributed by atoms with E-state index in [2.05, 4.69) is 5.32 Å². The lowest BCUT2D eigenvalue weighted by molar-refractivity contribution is -0.225. The molecule has 1 N–H and O–H groups in total. The summed E-state index contributed by atoms with van der Waals surface area (Å²) in [6.07, 6.45) is -11.5. The second-order valence-corrected chi connectivity index (χ2v) is 3.66. The summed E-state index contributed by atoms with van der Waals surface area (Å²) in [5.74, 6) is 0. The Kier molecular flexibility index (Phi) is 4.06. The summed E-state index contributed by atoms with van der Waals surface area (Å²) in [4.78, 5) is 0.837. The quantitative estimate of drug-likeness (QED) is 0.751. The molecule has 0 aromatic rings. The standard InChI is InChI=1S/C8H12F6N2/c9-7(10,11)5-6(8(12,13)14)16-3-1-15-2-4-16/h6,15H,1-5H2/t6-/m0/s1. The maximum atomic E-state index is 12.5. The van der Waals surface area contributed by atoms with Crippen molar-refractivity contribution >= 4 is 0 Å². The number of hydrogen-bond acceptors (Lipinski definition) is 2. The molecule has 1 atom stereocenters. The zero-order chi connectivity index (χ0) is 12.4. The maximum absolute atomic E-state index is 12.5. The summed E-state index contributed by atoms with van der Waals surface area (Å²) in [6.45, 7) is 0.537. The molecule has 1 heterocycles. The Balaban J connectivity index is 2.70. The Morgan fingerprint density at radius 3 is 1.88 bits per heavy atom. The molecule has 8 heteroatoms. The zero-order valence-corrected chi connectivity index (χ0v) is 8.33. The van der Waals surface area contributed by atoms with Crippen molar-refractivity contribution in [1.82, 2.24) is 10.2 Å². The number of alkyl halides is 6. The van der Waals surface area contributed by atoms with Crippen LogP contribution in [0.1, 0.15) is 6.42 Å². The van der Waals surface area contributed by atoms with Gasteiger partial charge in [0, 0.05) is 26.2 Å². The van der Waals surface area contributed by atoms with Crippen LogP contribution < -0.4 is 5.32 Å². The first-order chi connectivity index (χ1) is 7.20. The molecule has 0 bridgehead atoms. The van der Waals surface area contributed by atoms with Crippen LogP contribution in [0.25, 0.3) is 0 Å². The molecular formula is C8H12F6N2. The molecule has 0 amide bonds. The molecule has 96 valence electrons. The van der Waals surface area contributed by atoms with Crippen molar-refractivity contribution in [2.24, 2.45) is 0 Å². The molecule has 2 nitrogen and oxygen atoms in total. The van der Waals surface area contributed by atoms with Crippen molar-refractivity contribution in [2.75, 3.05) is 26.2 Å². The van der Waals surface area contributed by atoms with Crippen LogP contribution >= 0.6 is 0 Å². The Hall–Kier alpha value is -0.500. The number of hydrogen-bond donors (Lipinski definition) is 1. The van der Waals surface area contributed by atoms with Crippen LogP contribution in [-0.4, -0.2) is 49.5 Å². The minimum Gasteiger partial charge on any atom is -0.314 e. The summed E-state index contributed by atoms with van der Waals surface area (Å²) < 4.78 is 73.6. The lowest BCUT2D eigenvalue weighted by atomic mass is 10.1. The van der Waals surface area contributed by atoms with E-state index < -0.39 is 24.8 Å². The molecule has 1 saturated heterocycles. The topological polar surface area (TPSA) is 15.3 Å². The third kappa shape index (κ3) is 4.17. The van der Waals surface area contributed by atoms with Crippen LogP contribution in [0.15, 0.2) is 0 Å². The van der Waals surface area contributed by atoms with Crippen molar-refractivity contribution < 1.29 is 26.3 Å². The summed E-state index contributed by atoms with van der Waals surface area (Å²) in [5.41, 5.74) is 0. The molecule has 0 saturated carbocycles. The van der Waals surface area contributed by atoms with E-state index in [9.17, 15) is 26.3 Å². The Labute approximate surface area is 88.6 Å². The SMILES string of the molecule is FC(F)(F)C[C@H](N1CCNCC1)C(F)(F)F. The first kappa shape index (κ1) is 13.6. The Morgan fingerprint density at radius 1 is 1.00 bits per heavy atom. The number of nitrogens with one attached hydrogen (secondary N) is 1. The van der Waals surface area contributed by atoms with E-state index in [4.69, 9.17) is 0 Å². The first-order valence-corrected chi connectivity index (χ1v) is 4.78. The van der Waals surface area contributed by atoms with Gasteiger partial charge in [-0.15, -0.1) is 0 Å². The van der Waals surface area contributed by atoms with Crippen LogP contribution in [0.2, 0.25) is 0 Å². The van der Waals surface area contributed by atoms with Crippen molar-refractivity contribution in [3.8, 4) is 0 Å². The highest BCUT2D eigenvalue weighted by atomic mass is 19.4. The minimum atomic E-state index is -4.84. The van der Waals surface area contributed by atoms with Gasteiger partial charge in [-0.25, -0.2) is 0 Å². The van der Waals surface area contributed by atoms with Gasteiger partial charge < -0.3 is 5.32 Å². The number of nitrogens with zero attached hydrogens (tertiary/aromatic N) is 1. The predicted octanol–water partition coefficient (Wildman–Crippen LogP) is 1.77. The molecule has 0 aromatic heterocycles. The average molecular weight is 250 g/mol. The maximum Gasteiger partial charge on any atom is 0.404 e. The fraction of sp³-hybridized carbons (Fsp3) is 1.00. The fourth-order valence-corrected chi connectivity index (χ4v) is 1.66. The molecule has 0 aliphatic carbocycles. The highest BCUT2D eigenvalue weighted by Gasteiger charge is 2.49. The van der Waals surface area contributed by atoms with E-state index in [-0.39, 0.29) is 26.2 Å². The van der Waals surface area contributed by atoms with E-state index in [1.54, 1.807) is 0 Å². The van der Waals surface area contributed by atoms with Crippen molar-refractivity contribution in [3.63, 3.8) is 0 Å². The van der Waals surface area contributed by atoms with Gasteiger partial charge in [0.1, 0.15) is 6.04 Å².